The van der Waals surface area contributed by atoms with E-state index in [0.29, 0.717) is 12.2 Å². The largest absolute Gasteiger partial charge is 0.494 e. The van der Waals surface area contributed by atoms with E-state index >= 15 is 0 Å². The van der Waals surface area contributed by atoms with E-state index in [4.69, 9.17) is 4.74 Å². The number of benzene rings is 1. The molecule has 0 radical (unpaired) electrons. The number of amides is 1. The van der Waals surface area contributed by atoms with Crippen molar-refractivity contribution in [2.24, 2.45) is 7.05 Å². The molecule has 0 aliphatic rings. The molecule has 1 aromatic heterocycles. The summed E-state index contributed by atoms with van der Waals surface area (Å²) in [6, 6.07) is 5.86. The van der Waals surface area contributed by atoms with E-state index in [2.05, 4.69) is 10.4 Å². The number of nitrogens with one attached hydrogen (secondary N) is 1. The van der Waals surface area contributed by atoms with Gasteiger partial charge in [0.1, 0.15) is 5.75 Å². The van der Waals surface area contributed by atoms with Crippen LogP contribution in [0.2, 0.25) is 0 Å². The second kappa shape index (κ2) is 6.64. The molecule has 0 fully saturated rings. The summed E-state index contributed by atoms with van der Waals surface area (Å²) in [4.78, 5) is 12.4. The zero-order valence-corrected chi connectivity index (χ0v) is 13.8. The smallest absolute Gasteiger partial charge is 0.255 e. The fourth-order valence-electron chi connectivity index (χ4n) is 2.47. The number of nitrogens with zero attached hydrogens (tertiary/aromatic N) is 2. The van der Waals surface area contributed by atoms with Gasteiger partial charge >= 0.3 is 0 Å². The Kier molecular flexibility index (Phi) is 4.85. The SMILES string of the molecule is CCOc1ccc(C)cc1C(C)NC(=O)c1cn(C)nc1C. The van der Waals surface area contributed by atoms with Crippen LogP contribution in [0.25, 0.3) is 0 Å². The Morgan fingerprint density at radius 2 is 2.14 bits per heavy atom. The Bertz CT molecular complexity index is 677. The predicted octanol–water partition coefficient (Wildman–Crippen LogP) is 2.93. The van der Waals surface area contributed by atoms with Gasteiger partial charge in [-0.05, 0) is 33.8 Å². The van der Waals surface area contributed by atoms with Crippen molar-refractivity contribution in [3.8, 4) is 5.75 Å². The molecule has 5 heteroatoms. The number of hydrogen-bond donors (Lipinski definition) is 1. The molecule has 5 nitrogen and oxygen atoms in total. The van der Waals surface area contributed by atoms with Crippen molar-refractivity contribution in [3.63, 3.8) is 0 Å². The lowest BCUT2D eigenvalue weighted by atomic mass is 10.0. The molecule has 22 heavy (non-hydrogen) atoms. The molecule has 1 aromatic carbocycles. The minimum absolute atomic E-state index is 0.123. The van der Waals surface area contributed by atoms with Gasteiger partial charge in [0.2, 0.25) is 0 Å². The zero-order chi connectivity index (χ0) is 16.3. The Balaban J connectivity index is 2.21. The third-order valence-corrected chi connectivity index (χ3v) is 3.54. The summed E-state index contributed by atoms with van der Waals surface area (Å²) < 4.78 is 7.31. The maximum absolute atomic E-state index is 12.4. The average Bonchev–Trinajstić information content (AvgIpc) is 2.80. The van der Waals surface area contributed by atoms with Crippen molar-refractivity contribution < 1.29 is 9.53 Å². The van der Waals surface area contributed by atoms with Crippen LogP contribution < -0.4 is 10.1 Å². The van der Waals surface area contributed by atoms with Gasteiger partial charge in [0, 0.05) is 18.8 Å². The highest BCUT2D eigenvalue weighted by molar-refractivity contribution is 5.95. The minimum Gasteiger partial charge on any atom is -0.494 e. The predicted molar refractivity (Wildman–Crippen MR) is 86.2 cm³/mol. The summed E-state index contributed by atoms with van der Waals surface area (Å²) in [7, 11) is 1.81. The Morgan fingerprint density at radius 3 is 2.73 bits per heavy atom. The first-order valence-corrected chi connectivity index (χ1v) is 7.46. The lowest BCUT2D eigenvalue weighted by Gasteiger charge is -2.18. The fraction of sp³-hybridized carbons (Fsp3) is 0.412. The molecular formula is C17H23N3O2. The van der Waals surface area contributed by atoms with E-state index < -0.39 is 0 Å². The first-order valence-electron chi connectivity index (χ1n) is 7.46. The monoisotopic (exact) mass is 301 g/mol. The normalized spacial score (nSPS) is 12.0. The summed E-state index contributed by atoms with van der Waals surface area (Å²) in [6.07, 6.45) is 1.73. The molecule has 1 amide bonds. The van der Waals surface area contributed by atoms with Crippen molar-refractivity contribution in [1.82, 2.24) is 15.1 Å². The second-order valence-corrected chi connectivity index (χ2v) is 5.47. The van der Waals surface area contributed by atoms with Crippen molar-refractivity contribution >= 4 is 5.91 Å². The van der Waals surface area contributed by atoms with Gasteiger partial charge in [-0.1, -0.05) is 17.7 Å². The van der Waals surface area contributed by atoms with Crippen LogP contribution in [0.5, 0.6) is 5.75 Å². The van der Waals surface area contributed by atoms with E-state index in [0.717, 1.165) is 22.6 Å². The average molecular weight is 301 g/mol. The molecule has 0 aliphatic carbocycles. The Morgan fingerprint density at radius 1 is 1.41 bits per heavy atom. The van der Waals surface area contributed by atoms with E-state index in [-0.39, 0.29) is 11.9 Å². The van der Waals surface area contributed by atoms with Crippen molar-refractivity contribution in [1.29, 1.82) is 0 Å². The van der Waals surface area contributed by atoms with Gasteiger partial charge in [-0.3, -0.25) is 9.48 Å². The third kappa shape index (κ3) is 3.47. The number of aryl methyl sites for hydroxylation is 3. The first-order chi connectivity index (χ1) is 10.4. The van der Waals surface area contributed by atoms with Crippen molar-refractivity contribution in [2.45, 2.75) is 33.7 Å². The lowest BCUT2D eigenvalue weighted by molar-refractivity contribution is 0.0938. The maximum Gasteiger partial charge on any atom is 0.255 e. The van der Waals surface area contributed by atoms with Gasteiger partial charge in [-0.2, -0.15) is 5.10 Å². The minimum atomic E-state index is -0.145. The molecule has 1 N–H and O–H groups in total. The number of carbonyl (C=O) groups excluding carboxylic acids is 1. The molecule has 0 saturated heterocycles. The molecule has 0 bridgehead atoms. The van der Waals surface area contributed by atoms with Gasteiger partial charge in [-0.25, -0.2) is 0 Å². The topological polar surface area (TPSA) is 56.1 Å². The second-order valence-electron chi connectivity index (χ2n) is 5.47. The highest BCUT2D eigenvalue weighted by atomic mass is 16.5. The van der Waals surface area contributed by atoms with Crippen LogP contribution in [-0.2, 0) is 7.05 Å². The fourth-order valence-corrected chi connectivity index (χ4v) is 2.47. The Labute approximate surface area is 131 Å². The summed E-state index contributed by atoms with van der Waals surface area (Å²) in [6.45, 7) is 8.36. The summed E-state index contributed by atoms with van der Waals surface area (Å²) >= 11 is 0. The van der Waals surface area contributed by atoms with Crippen LogP contribution in [0.4, 0.5) is 0 Å². The van der Waals surface area contributed by atoms with Crippen LogP contribution >= 0.6 is 0 Å². The van der Waals surface area contributed by atoms with Crippen LogP contribution in [0.3, 0.4) is 0 Å². The van der Waals surface area contributed by atoms with Crippen LogP contribution in [-0.4, -0.2) is 22.3 Å². The van der Waals surface area contributed by atoms with Crippen molar-refractivity contribution in [2.75, 3.05) is 6.61 Å². The van der Waals surface area contributed by atoms with Crippen LogP contribution in [0.15, 0.2) is 24.4 Å². The zero-order valence-electron chi connectivity index (χ0n) is 13.8. The molecule has 118 valence electrons. The molecular weight excluding hydrogens is 278 g/mol. The van der Waals surface area contributed by atoms with Crippen LogP contribution in [0.1, 0.15) is 47.1 Å². The molecule has 0 aliphatic heterocycles. The lowest BCUT2D eigenvalue weighted by Crippen LogP contribution is -2.27. The Hall–Kier alpha value is -2.30. The standard InChI is InChI=1S/C17H23N3O2/c1-6-22-16-8-7-11(2)9-14(16)12(3)18-17(21)15-10-20(5)19-13(15)4/h7-10,12H,6H2,1-5H3,(H,18,21). The van der Waals surface area contributed by atoms with Crippen LogP contribution in [0, 0.1) is 13.8 Å². The van der Waals surface area contributed by atoms with Crippen molar-refractivity contribution in [3.05, 3.63) is 46.8 Å². The van der Waals surface area contributed by atoms with E-state index in [9.17, 15) is 4.79 Å². The highest BCUT2D eigenvalue weighted by Gasteiger charge is 2.18. The molecule has 1 heterocycles. The van der Waals surface area contributed by atoms with E-state index in [1.165, 1.54) is 0 Å². The van der Waals surface area contributed by atoms with Gasteiger partial charge in [0.25, 0.3) is 5.91 Å². The first kappa shape index (κ1) is 16.1. The van der Waals surface area contributed by atoms with Gasteiger partial charge in [0.15, 0.2) is 0 Å². The number of hydrogen-bond acceptors (Lipinski definition) is 3. The highest BCUT2D eigenvalue weighted by Crippen LogP contribution is 2.26. The molecule has 1 unspecified atom stereocenters. The summed E-state index contributed by atoms with van der Waals surface area (Å²) in [5.74, 6) is 0.686. The van der Waals surface area contributed by atoms with Gasteiger partial charge in [-0.15, -0.1) is 0 Å². The molecule has 1 atom stereocenters. The van der Waals surface area contributed by atoms with Gasteiger partial charge in [0.05, 0.1) is 23.9 Å². The third-order valence-electron chi connectivity index (χ3n) is 3.54. The maximum atomic E-state index is 12.4. The summed E-state index contributed by atoms with van der Waals surface area (Å²) in [5.41, 5.74) is 3.44. The quantitative estimate of drug-likeness (QED) is 0.924. The molecule has 2 rings (SSSR count). The number of aromatic nitrogens is 2. The van der Waals surface area contributed by atoms with E-state index in [1.807, 2.05) is 45.9 Å². The van der Waals surface area contributed by atoms with Gasteiger partial charge < -0.3 is 10.1 Å². The molecule has 2 aromatic rings. The molecule has 0 spiro atoms. The summed E-state index contributed by atoms with van der Waals surface area (Å²) in [5, 5.41) is 7.22. The number of rotatable bonds is 5. The number of carbonyl (C=O) groups is 1. The number of ether oxygens (including phenoxy) is 1. The van der Waals surface area contributed by atoms with E-state index in [1.54, 1.807) is 17.9 Å². The molecule has 0 saturated carbocycles.